The molecule has 0 amide bonds. The molecule has 1 heterocycles. The molecule has 1 atom stereocenters. The molecule has 1 aromatic carbocycles. The SMILES string of the molecule is CCC1CCCN1c1ccc(CO)cc1C#N. The van der Waals surface area contributed by atoms with E-state index < -0.39 is 0 Å². The van der Waals surface area contributed by atoms with Gasteiger partial charge in [0.1, 0.15) is 6.07 Å². The third kappa shape index (κ3) is 2.27. The Morgan fingerprint density at radius 2 is 2.35 bits per heavy atom. The zero-order valence-electron chi connectivity index (χ0n) is 10.2. The molecule has 0 spiro atoms. The molecule has 0 aromatic heterocycles. The number of nitrogens with zero attached hydrogens (tertiary/aromatic N) is 2. The van der Waals surface area contributed by atoms with Gasteiger partial charge in [-0.1, -0.05) is 13.0 Å². The summed E-state index contributed by atoms with van der Waals surface area (Å²) in [6.45, 7) is 3.22. The molecule has 0 bridgehead atoms. The second-order valence-electron chi connectivity index (χ2n) is 4.52. The van der Waals surface area contributed by atoms with E-state index in [0.717, 1.165) is 24.2 Å². The van der Waals surface area contributed by atoms with Crippen molar-refractivity contribution in [3.05, 3.63) is 29.3 Å². The first-order chi connectivity index (χ1) is 8.30. The van der Waals surface area contributed by atoms with E-state index in [9.17, 15) is 5.26 Å². The van der Waals surface area contributed by atoms with Crippen LogP contribution in [-0.4, -0.2) is 17.7 Å². The third-order valence-corrected chi connectivity index (χ3v) is 3.52. The summed E-state index contributed by atoms with van der Waals surface area (Å²) in [5.74, 6) is 0. The number of anilines is 1. The van der Waals surface area contributed by atoms with Crippen molar-refractivity contribution in [2.75, 3.05) is 11.4 Å². The lowest BCUT2D eigenvalue weighted by atomic mass is 10.1. The zero-order chi connectivity index (χ0) is 12.3. The van der Waals surface area contributed by atoms with Gasteiger partial charge in [0.25, 0.3) is 0 Å². The van der Waals surface area contributed by atoms with Crippen LogP contribution in [0.1, 0.15) is 37.3 Å². The first-order valence-electron chi connectivity index (χ1n) is 6.20. The van der Waals surface area contributed by atoms with Crippen molar-refractivity contribution in [2.45, 2.75) is 38.8 Å². The number of hydrogen-bond acceptors (Lipinski definition) is 3. The first-order valence-corrected chi connectivity index (χ1v) is 6.20. The molecular formula is C14H18N2O. The van der Waals surface area contributed by atoms with Crippen molar-refractivity contribution in [3.8, 4) is 6.07 Å². The van der Waals surface area contributed by atoms with Gasteiger partial charge in [-0.3, -0.25) is 0 Å². The molecule has 1 aliphatic heterocycles. The van der Waals surface area contributed by atoms with Gasteiger partial charge in [0, 0.05) is 12.6 Å². The van der Waals surface area contributed by atoms with Gasteiger partial charge < -0.3 is 10.0 Å². The molecule has 2 rings (SSSR count). The van der Waals surface area contributed by atoms with Gasteiger partial charge in [-0.05, 0) is 37.0 Å². The van der Waals surface area contributed by atoms with E-state index in [1.54, 1.807) is 6.07 Å². The molecule has 1 aliphatic rings. The summed E-state index contributed by atoms with van der Waals surface area (Å²) in [5, 5.41) is 18.3. The van der Waals surface area contributed by atoms with Gasteiger partial charge in [0.15, 0.2) is 0 Å². The summed E-state index contributed by atoms with van der Waals surface area (Å²) >= 11 is 0. The fourth-order valence-corrected chi connectivity index (χ4v) is 2.60. The molecule has 90 valence electrons. The van der Waals surface area contributed by atoms with Crippen molar-refractivity contribution in [3.63, 3.8) is 0 Å². The third-order valence-electron chi connectivity index (χ3n) is 3.52. The van der Waals surface area contributed by atoms with E-state index in [2.05, 4.69) is 17.9 Å². The molecule has 17 heavy (non-hydrogen) atoms. The zero-order valence-corrected chi connectivity index (χ0v) is 10.2. The van der Waals surface area contributed by atoms with Crippen LogP contribution in [0.4, 0.5) is 5.69 Å². The molecule has 0 radical (unpaired) electrons. The smallest absolute Gasteiger partial charge is 0.101 e. The van der Waals surface area contributed by atoms with E-state index in [4.69, 9.17) is 5.11 Å². The Bertz CT molecular complexity index is 436. The Labute approximate surface area is 102 Å². The van der Waals surface area contributed by atoms with Gasteiger partial charge in [-0.25, -0.2) is 0 Å². The first kappa shape index (κ1) is 11.9. The minimum Gasteiger partial charge on any atom is -0.392 e. The van der Waals surface area contributed by atoms with Gasteiger partial charge in [0.05, 0.1) is 17.9 Å². The number of aliphatic hydroxyl groups is 1. The fraction of sp³-hybridized carbons (Fsp3) is 0.500. The van der Waals surface area contributed by atoms with Gasteiger partial charge in [-0.15, -0.1) is 0 Å². The average molecular weight is 230 g/mol. The minimum absolute atomic E-state index is 0.00777. The quantitative estimate of drug-likeness (QED) is 0.867. The molecular weight excluding hydrogens is 212 g/mol. The highest BCUT2D eigenvalue weighted by Gasteiger charge is 2.24. The molecule has 1 N–H and O–H groups in total. The molecule has 0 saturated carbocycles. The monoisotopic (exact) mass is 230 g/mol. The van der Waals surface area contributed by atoms with Crippen LogP contribution in [0.25, 0.3) is 0 Å². The molecule has 3 heteroatoms. The van der Waals surface area contributed by atoms with Crippen LogP contribution in [-0.2, 0) is 6.61 Å². The number of aliphatic hydroxyl groups excluding tert-OH is 1. The molecule has 1 saturated heterocycles. The predicted octanol–water partition coefficient (Wildman–Crippen LogP) is 2.43. The highest BCUT2D eigenvalue weighted by molar-refractivity contribution is 5.61. The second kappa shape index (κ2) is 5.20. The standard InChI is InChI=1S/C14H18N2O/c1-2-13-4-3-7-16(13)14-6-5-11(10-17)8-12(14)9-15/h5-6,8,13,17H,2-4,7,10H2,1H3. The highest BCUT2D eigenvalue weighted by Crippen LogP contribution is 2.30. The summed E-state index contributed by atoms with van der Waals surface area (Å²) in [5.41, 5.74) is 2.50. The topological polar surface area (TPSA) is 47.3 Å². The Balaban J connectivity index is 2.35. The van der Waals surface area contributed by atoms with Crippen LogP contribution in [0.2, 0.25) is 0 Å². The second-order valence-corrected chi connectivity index (χ2v) is 4.52. The van der Waals surface area contributed by atoms with Crippen molar-refractivity contribution in [1.82, 2.24) is 0 Å². The predicted molar refractivity (Wildman–Crippen MR) is 67.7 cm³/mol. The van der Waals surface area contributed by atoms with E-state index in [1.807, 2.05) is 12.1 Å². The van der Waals surface area contributed by atoms with Gasteiger partial charge in [-0.2, -0.15) is 5.26 Å². The lowest BCUT2D eigenvalue weighted by Crippen LogP contribution is -2.29. The molecule has 1 unspecified atom stereocenters. The van der Waals surface area contributed by atoms with E-state index in [-0.39, 0.29) is 6.61 Å². The van der Waals surface area contributed by atoms with Crippen molar-refractivity contribution in [2.24, 2.45) is 0 Å². The Morgan fingerprint density at radius 1 is 1.53 bits per heavy atom. The average Bonchev–Trinajstić information content (AvgIpc) is 2.85. The van der Waals surface area contributed by atoms with Gasteiger partial charge >= 0.3 is 0 Å². The lowest BCUT2D eigenvalue weighted by Gasteiger charge is -2.27. The van der Waals surface area contributed by atoms with Gasteiger partial charge in [0.2, 0.25) is 0 Å². The van der Waals surface area contributed by atoms with Crippen LogP contribution in [0.5, 0.6) is 0 Å². The summed E-state index contributed by atoms with van der Waals surface area (Å²) < 4.78 is 0. The largest absolute Gasteiger partial charge is 0.392 e. The summed E-state index contributed by atoms with van der Waals surface area (Å²) in [4.78, 5) is 2.33. The molecule has 3 nitrogen and oxygen atoms in total. The van der Waals surface area contributed by atoms with Crippen LogP contribution in [0.3, 0.4) is 0 Å². The van der Waals surface area contributed by atoms with Crippen molar-refractivity contribution in [1.29, 1.82) is 5.26 Å². The summed E-state index contributed by atoms with van der Waals surface area (Å²) in [7, 11) is 0. The van der Waals surface area contributed by atoms with E-state index in [0.29, 0.717) is 11.6 Å². The molecule has 1 aromatic rings. The summed E-state index contributed by atoms with van der Waals surface area (Å²) in [6.07, 6.45) is 3.53. The maximum absolute atomic E-state index is 9.20. The number of benzene rings is 1. The van der Waals surface area contributed by atoms with E-state index >= 15 is 0 Å². The highest BCUT2D eigenvalue weighted by atomic mass is 16.3. The van der Waals surface area contributed by atoms with Crippen LogP contribution >= 0.6 is 0 Å². The minimum atomic E-state index is -0.00777. The molecule has 1 fully saturated rings. The van der Waals surface area contributed by atoms with E-state index in [1.165, 1.54) is 12.8 Å². The fourth-order valence-electron chi connectivity index (χ4n) is 2.60. The van der Waals surface area contributed by atoms with Crippen LogP contribution < -0.4 is 4.90 Å². The van der Waals surface area contributed by atoms with Crippen LogP contribution in [0.15, 0.2) is 18.2 Å². The Hall–Kier alpha value is -1.53. The Morgan fingerprint density at radius 3 is 3.00 bits per heavy atom. The van der Waals surface area contributed by atoms with Crippen LogP contribution in [0, 0.1) is 11.3 Å². The number of rotatable bonds is 3. The lowest BCUT2D eigenvalue weighted by molar-refractivity contribution is 0.282. The van der Waals surface area contributed by atoms with Crippen molar-refractivity contribution < 1.29 is 5.11 Å². The maximum Gasteiger partial charge on any atom is 0.101 e. The maximum atomic E-state index is 9.20. The number of hydrogen-bond donors (Lipinski definition) is 1. The Kier molecular flexibility index (Phi) is 3.65. The van der Waals surface area contributed by atoms with Crippen molar-refractivity contribution >= 4 is 5.69 Å². The normalized spacial score (nSPS) is 19.4. The number of nitriles is 1. The molecule has 0 aliphatic carbocycles. The summed E-state index contributed by atoms with van der Waals surface area (Å²) in [6, 6.07) is 8.46.